The first-order chi connectivity index (χ1) is 7.79. The summed E-state index contributed by atoms with van der Waals surface area (Å²) < 4.78 is 0. The van der Waals surface area contributed by atoms with Crippen LogP contribution < -0.4 is 11.1 Å². The number of likely N-dealkylation sites (N-methyl/N-ethyl adjacent to an activating group) is 1. The summed E-state index contributed by atoms with van der Waals surface area (Å²) >= 11 is 0. The Morgan fingerprint density at radius 3 is 2.00 bits per heavy atom. The third-order valence-corrected chi connectivity index (χ3v) is 3.09. The molecule has 0 aliphatic heterocycles. The van der Waals surface area contributed by atoms with Gasteiger partial charge in [-0.3, -0.25) is 4.79 Å². The number of hydrogen-bond donors (Lipinski definition) is 2. The Morgan fingerprint density at radius 2 is 1.71 bits per heavy atom. The summed E-state index contributed by atoms with van der Waals surface area (Å²) in [5, 5.41) is 3.12. The van der Waals surface area contributed by atoms with Crippen molar-refractivity contribution in [2.24, 2.45) is 23.5 Å². The van der Waals surface area contributed by atoms with Crippen molar-refractivity contribution >= 4 is 5.91 Å². The van der Waals surface area contributed by atoms with Crippen molar-refractivity contribution in [3.63, 3.8) is 0 Å². The van der Waals surface area contributed by atoms with E-state index in [1.807, 2.05) is 27.9 Å². The fourth-order valence-corrected chi connectivity index (χ4v) is 1.79. The third-order valence-electron chi connectivity index (χ3n) is 3.09. The molecule has 0 aliphatic rings. The number of carbonyl (C=O) groups is 1. The molecule has 0 aromatic rings. The van der Waals surface area contributed by atoms with E-state index in [-0.39, 0.29) is 23.8 Å². The highest BCUT2D eigenvalue weighted by Crippen LogP contribution is 2.11. The second-order valence-corrected chi connectivity index (χ2v) is 5.71. The van der Waals surface area contributed by atoms with Crippen LogP contribution in [0.2, 0.25) is 0 Å². The van der Waals surface area contributed by atoms with Crippen LogP contribution in [0.15, 0.2) is 0 Å². The zero-order chi connectivity index (χ0) is 13.6. The summed E-state index contributed by atoms with van der Waals surface area (Å²) in [7, 11) is 4.04. The topological polar surface area (TPSA) is 58.4 Å². The number of hydrogen-bond acceptors (Lipinski definition) is 3. The van der Waals surface area contributed by atoms with Gasteiger partial charge in [-0.25, -0.2) is 0 Å². The molecule has 0 aromatic heterocycles. The van der Waals surface area contributed by atoms with Crippen LogP contribution in [0, 0.1) is 17.8 Å². The molecule has 0 saturated carbocycles. The van der Waals surface area contributed by atoms with Gasteiger partial charge in [-0.2, -0.15) is 0 Å². The minimum atomic E-state index is -0.0848. The van der Waals surface area contributed by atoms with Gasteiger partial charge in [-0.1, -0.05) is 27.7 Å². The van der Waals surface area contributed by atoms with E-state index in [0.717, 1.165) is 6.54 Å². The third kappa shape index (κ3) is 6.03. The van der Waals surface area contributed by atoms with Crippen LogP contribution in [-0.4, -0.2) is 44.0 Å². The first-order valence-corrected chi connectivity index (χ1v) is 6.44. The highest BCUT2D eigenvalue weighted by atomic mass is 16.2. The molecule has 0 aliphatic carbocycles. The fraction of sp³-hybridized carbons (Fsp3) is 0.923. The molecule has 102 valence electrons. The Balaban J connectivity index is 4.48. The Kier molecular flexibility index (Phi) is 7.39. The molecule has 1 amide bonds. The summed E-state index contributed by atoms with van der Waals surface area (Å²) in [5.41, 5.74) is 5.66. The van der Waals surface area contributed by atoms with Gasteiger partial charge in [0.25, 0.3) is 0 Å². The molecule has 0 radical (unpaired) electrons. The Hall–Kier alpha value is -0.610. The van der Waals surface area contributed by atoms with Gasteiger partial charge < -0.3 is 16.0 Å². The van der Waals surface area contributed by atoms with E-state index in [1.54, 1.807) is 0 Å². The summed E-state index contributed by atoms with van der Waals surface area (Å²) in [6.45, 7) is 9.60. The van der Waals surface area contributed by atoms with E-state index in [9.17, 15) is 4.79 Å². The van der Waals surface area contributed by atoms with Crippen molar-refractivity contribution in [2.45, 2.75) is 33.7 Å². The lowest BCUT2D eigenvalue weighted by atomic mass is 9.94. The second kappa shape index (κ2) is 7.67. The number of amides is 1. The van der Waals surface area contributed by atoms with E-state index in [0.29, 0.717) is 12.5 Å². The standard InChI is InChI=1S/C13H29N3O/c1-9(2)11(7-14)13(17)15-12(10(3)4)8-16(5)6/h9-12H,7-8,14H2,1-6H3,(H,15,17). The lowest BCUT2D eigenvalue weighted by Crippen LogP contribution is -2.49. The summed E-state index contributed by atoms with van der Waals surface area (Å²) in [6, 6.07) is 0.185. The number of rotatable bonds is 7. The SMILES string of the molecule is CC(C)C(CN(C)C)NC(=O)C(CN)C(C)C. The normalized spacial score (nSPS) is 15.4. The molecule has 0 rings (SSSR count). The average Bonchev–Trinajstić information content (AvgIpc) is 2.15. The summed E-state index contributed by atoms with van der Waals surface area (Å²) in [4.78, 5) is 14.2. The van der Waals surface area contributed by atoms with Crippen molar-refractivity contribution < 1.29 is 4.79 Å². The van der Waals surface area contributed by atoms with E-state index in [4.69, 9.17) is 5.73 Å². The highest BCUT2D eigenvalue weighted by Gasteiger charge is 2.24. The van der Waals surface area contributed by atoms with Crippen LogP contribution in [-0.2, 0) is 4.79 Å². The molecular formula is C13H29N3O. The lowest BCUT2D eigenvalue weighted by Gasteiger charge is -2.28. The fourth-order valence-electron chi connectivity index (χ4n) is 1.79. The average molecular weight is 243 g/mol. The zero-order valence-corrected chi connectivity index (χ0v) is 12.2. The summed E-state index contributed by atoms with van der Waals surface area (Å²) in [5.74, 6) is 0.709. The van der Waals surface area contributed by atoms with Crippen molar-refractivity contribution in [2.75, 3.05) is 27.2 Å². The van der Waals surface area contributed by atoms with Crippen LogP contribution in [0.3, 0.4) is 0 Å². The van der Waals surface area contributed by atoms with Gasteiger partial charge in [0.1, 0.15) is 0 Å². The van der Waals surface area contributed by atoms with Crippen molar-refractivity contribution in [1.82, 2.24) is 10.2 Å². The Bertz CT molecular complexity index is 227. The predicted octanol–water partition coefficient (Wildman–Crippen LogP) is 0.920. The van der Waals surface area contributed by atoms with Gasteiger partial charge in [0.05, 0.1) is 5.92 Å². The monoisotopic (exact) mass is 243 g/mol. The van der Waals surface area contributed by atoms with Crippen molar-refractivity contribution in [3.05, 3.63) is 0 Å². The largest absolute Gasteiger partial charge is 0.352 e. The summed E-state index contributed by atoms with van der Waals surface area (Å²) in [6.07, 6.45) is 0. The van der Waals surface area contributed by atoms with Gasteiger partial charge >= 0.3 is 0 Å². The van der Waals surface area contributed by atoms with Gasteiger partial charge in [0, 0.05) is 19.1 Å². The van der Waals surface area contributed by atoms with E-state index in [1.165, 1.54) is 0 Å². The van der Waals surface area contributed by atoms with Crippen LogP contribution in [0.25, 0.3) is 0 Å². The zero-order valence-electron chi connectivity index (χ0n) is 12.2. The molecular weight excluding hydrogens is 214 g/mol. The van der Waals surface area contributed by atoms with Gasteiger partial charge in [-0.05, 0) is 25.9 Å². The maximum atomic E-state index is 12.1. The molecule has 0 spiro atoms. The molecule has 0 fully saturated rings. The molecule has 3 N–H and O–H groups in total. The van der Waals surface area contributed by atoms with E-state index < -0.39 is 0 Å². The van der Waals surface area contributed by atoms with Gasteiger partial charge in [0.15, 0.2) is 0 Å². The Labute approximate surface area is 106 Å². The predicted molar refractivity (Wildman–Crippen MR) is 72.7 cm³/mol. The number of carbonyl (C=O) groups excluding carboxylic acids is 1. The molecule has 2 atom stereocenters. The van der Waals surface area contributed by atoms with Crippen LogP contribution in [0.1, 0.15) is 27.7 Å². The first kappa shape index (κ1) is 16.4. The molecule has 0 aromatic carbocycles. The molecule has 0 heterocycles. The number of nitrogens with one attached hydrogen (secondary N) is 1. The molecule has 2 unspecified atom stereocenters. The maximum Gasteiger partial charge on any atom is 0.224 e. The molecule has 0 bridgehead atoms. The highest BCUT2D eigenvalue weighted by molar-refractivity contribution is 5.79. The first-order valence-electron chi connectivity index (χ1n) is 6.44. The maximum absolute atomic E-state index is 12.1. The van der Waals surface area contributed by atoms with E-state index in [2.05, 4.69) is 24.1 Å². The molecule has 4 heteroatoms. The van der Waals surface area contributed by atoms with Gasteiger partial charge in [-0.15, -0.1) is 0 Å². The van der Waals surface area contributed by atoms with Gasteiger partial charge in [0.2, 0.25) is 5.91 Å². The minimum absolute atomic E-state index is 0.0848. The molecule has 0 saturated heterocycles. The number of nitrogens with zero attached hydrogens (tertiary/aromatic N) is 1. The van der Waals surface area contributed by atoms with Crippen LogP contribution in [0.4, 0.5) is 0 Å². The minimum Gasteiger partial charge on any atom is -0.352 e. The Morgan fingerprint density at radius 1 is 1.18 bits per heavy atom. The lowest BCUT2D eigenvalue weighted by molar-refractivity contribution is -0.127. The quantitative estimate of drug-likeness (QED) is 0.699. The van der Waals surface area contributed by atoms with Crippen molar-refractivity contribution in [3.8, 4) is 0 Å². The van der Waals surface area contributed by atoms with Crippen LogP contribution in [0.5, 0.6) is 0 Å². The molecule has 4 nitrogen and oxygen atoms in total. The molecule has 17 heavy (non-hydrogen) atoms. The van der Waals surface area contributed by atoms with Crippen LogP contribution >= 0.6 is 0 Å². The number of nitrogens with two attached hydrogens (primary N) is 1. The smallest absolute Gasteiger partial charge is 0.224 e. The second-order valence-electron chi connectivity index (χ2n) is 5.71. The van der Waals surface area contributed by atoms with Crippen molar-refractivity contribution in [1.29, 1.82) is 0 Å². The van der Waals surface area contributed by atoms with E-state index >= 15 is 0 Å².